The van der Waals surface area contributed by atoms with E-state index in [9.17, 15) is 0 Å². The minimum absolute atomic E-state index is 0. The van der Waals surface area contributed by atoms with Crippen LogP contribution < -0.4 is 16.9 Å². The van der Waals surface area contributed by atoms with Crippen molar-refractivity contribution in [2.24, 2.45) is 0 Å². The van der Waals surface area contributed by atoms with E-state index in [1.54, 1.807) is 5.56 Å². The molecule has 29 heavy (non-hydrogen) atoms. The zero-order chi connectivity index (χ0) is 20.5. The third-order valence-electron chi connectivity index (χ3n) is 6.01. The van der Waals surface area contributed by atoms with E-state index < -0.39 is 0 Å². The Balaban J connectivity index is 0.00000784. The zero-order valence-corrected chi connectivity index (χ0v) is 20.9. The number of benzene rings is 1. The van der Waals surface area contributed by atoms with Gasteiger partial charge in [0.25, 0.3) is 0 Å². The number of para-hydroxylation sites is 1. The van der Waals surface area contributed by atoms with Gasteiger partial charge in [0, 0.05) is 5.56 Å². The predicted octanol–water partition coefficient (Wildman–Crippen LogP) is 5.69. The maximum absolute atomic E-state index is 2.32. The zero-order valence-electron chi connectivity index (χ0n) is 20.2. The second-order valence-corrected chi connectivity index (χ2v) is 9.69. The van der Waals surface area contributed by atoms with Gasteiger partial charge in [-0.3, -0.25) is 4.48 Å². The Hall–Kier alpha value is -0.530. The fourth-order valence-corrected chi connectivity index (χ4v) is 4.24. The van der Waals surface area contributed by atoms with Crippen molar-refractivity contribution in [1.29, 1.82) is 0 Å². The topological polar surface area (TPSA) is 0 Å². The van der Waals surface area contributed by atoms with Crippen LogP contribution in [0.4, 0.5) is 5.69 Å². The summed E-state index contributed by atoms with van der Waals surface area (Å²) in [4.78, 5) is 0. The van der Waals surface area contributed by atoms with Crippen molar-refractivity contribution in [2.75, 3.05) is 21.1 Å². The highest BCUT2D eigenvalue weighted by atomic mass is 35.5. The largest absolute Gasteiger partial charge is 1.00 e. The van der Waals surface area contributed by atoms with Crippen LogP contribution in [0.5, 0.6) is 0 Å². The lowest BCUT2D eigenvalue weighted by Gasteiger charge is -2.26. The highest BCUT2D eigenvalue weighted by Crippen LogP contribution is 2.24. The van der Waals surface area contributed by atoms with Gasteiger partial charge >= 0.3 is 0 Å². The molecule has 0 amide bonds. The molecule has 0 saturated heterocycles. The minimum atomic E-state index is 0. The van der Waals surface area contributed by atoms with Crippen molar-refractivity contribution in [3.05, 3.63) is 29.8 Å². The molecule has 0 bridgehead atoms. The van der Waals surface area contributed by atoms with Crippen molar-refractivity contribution in [3.63, 3.8) is 0 Å². The smallest absolute Gasteiger partial charge is 0.135 e. The van der Waals surface area contributed by atoms with Gasteiger partial charge in [0.05, 0.1) is 21.1 Å². The van der Waals surface area contributed by atoms with Crippen molar-refractivity contribution in [2.45, 2.75) is 116 Å². The highest BCUT2D eigenvalue weighted by molar-refractivity contribution is 5.49. The van der Waals surface area contributed by atoms with Crippen molar-refractivity contribution in [1.82, 2.24) is 4.48 Å². The molecular weight excluding hydrogens is 374 g/mol. The van der Waals surface area contributed by atoms with Crippen LogP contribution in [-0.2, 0) is 6.42 Å². The van der Waals surface area contributed by atoms with Crippen LogP contribution in [0.25, 0.3) is 0 Å². The Labute approximate surface area is 189 Å². The average molecular weight is 424 g/mol. The van der Waals surface area contributed by atoms with Gasteiger partial charge in [-0.05, 0) is 18.9 Å². The average Bonchev–Trinajstić information content (AvgIpc) is 2.67. The summed E-state index contributed by atoms with van der Waals surface area (Å²) in [5, 5.41) is 0. The molecule has 0 aliphatic heterocycles. The molecular formula is C27H50ClN. The molecule has 0 saturated carbocycles. The Kier molecular flexibility index (Phi) is 17.9. The summed E-state index contributed by atoms with van der Waals surface area (Å²) < 4.78 is 0.926. The maximum Gasteiger partial charge on any atom is 0.135 e. The Morgan fingerprint density at radius 3 is 1.34 bits per heavy atom. The third kappa shape index (κ3) is 15.0. The van der Waals surface area contributed by atoms with Gasteiger partial charge in [-0.15, -0.1) is 0 Å². The Bertz CT molecular complexity index is 478. The van der Waals surface area contributed by atoms with Crippen molar-refractivity contribution in [3.8, 4) is 0 Å². The number of aryl methyl sites for hydroxylation is 1. The SMILES string of the molecule is CCCCCCCCCCCCCCCCCCc1ccccc1[N+](C)(C)C.[Cl-]. The normalized spacial score (nSPS) is 11.4. The lowest BCUT2D eigenvalue weighted by Crippen LogP contribution is -3.00. The van der Waals surface area contributed by atoms with Gasteiger partial charge in [0.15, 0.2) is 0 Å². The first-order valence-corrected chi connectivity index (χ1v) is 12.5. The molecule has 1 aromatic carbocycles. The molecule has 0 radical (unpaired) electrons. The number of hydrogen-bond donors (Lipinski definition) is 0. The molecule has 0 aliphatic rings. The summed E-state index contributed by atoms with van der Waals surface area (Å²) in [7, 11) is 6.81. The third-order valence-corrected chi connectivity index (χ3v) is 6.01. The van der Waals surface area contributed by atoms with E-state index in [1.807, 2.05) is 0 Å². The van der Waals surface area contributed by atoms with E-state index in [0.29, 0.717) is 0 Å². The standard InChI is InChI=1S/C27H50N.ClH/c1-5-6-7-8-9-10-11-12-13-14-15-16-17-18-19-20-23-26-24-21-22-25-27(26)28(2,3)4;/h21-22,24-25H,5-20,23H2,1-4H3;1H/q+1;/p-1. The van der Waals surface area contributed by atoms with Crippen LogP contribution in [0, 0.1) is 0 Å². The van der Waals surface area contributed by atoms with Gasteiger partial charge in [0.2, 0.25) is 0 Å². The van der Waals surface area contributed by atoms with Crippen LogP contribution in [0.15, 0.2) is 24.3 Å². The molecule has 170 valence electrons. The molecule has 0 aromatic heterocycles. The molecule has 1 aromatic rings. The van der Waals surface area contributed by atoms with Crippen LogP contribution >= 0.6 is 0 Å². The molecule has 0 spiro atoms. The molecule has 1 rings (SSSR count). The van der Waals surface area contributed by atoms with Crippen LogP contribution in [-0.4, -0.2) is 21.1 Å². The number of unbranched alkanes of at least 4 members (excludes halogenated alkanes) is 15. The summed E-state index contributed by atoms with van der Waals surface area (Å²) in [6.07, 6.45) is 24.3. The van der Waals surface area contributed by atoms with Crippen LogP contribution in [0.1, 0.15) is 115 Å². The molecule has 0 atom stereocenters. The van der Waals surface area contributed by atoms with Crippen LogP contribution in [0.3, 0.4) is 0 Å². The summed E-state index contributed by atoms with van der Waals surface area (Å²) in [5.41, 5.74) is 3.02. The molecule has 0 N–H and O–H groups in total. The van der Waals surface area contributed by atoms with E-state index >= 15 is 0 Å². The fraction of sp³-hybridized carbons (Fsp3) is 0.778. The van der Waals surface area contributed by atoms with E-state index in [2.05, 4.69) is 52.3 Å². The lowest BCUT2D eigenvalue weighted by molar-refractivity contribution is -0.00000638. The van der Waals surface area contributed by atoms with E-state index in [4.69, 9.17) is 0 Å². The van der Waals surface area contributed by atoms with Gasteiger partial charge in [-0.25, -0.2) is 0 Å². The number of hydrogen-bond acceptors (Lipinski definition) is 0. The van der Waals surface area contributed by atoms with Gasteiger partial charge in [-0.2, -0.15) is 0 Å². The number of halogens is 1. The molecule has 2 heteroatoms. The first-order valence-electron chi connectivity index (χ1n) is 12.5. The van der Waals surface area contributed by atoms with Gasteiger partial charge < -0.3 is 12.4 Å². The van der Waals surface area contributed by atoms with Gasteiger partial charge in [0.1, 0.15) is 5.69 Å². The summed E-state index contributed by atoms with van der Waals surface area (Å²) in [5.74, 6) is 0. The Morgan fingerprint density at radius 2 is 0.931 bits per heavy atom. The quantitative estimate of drug-likeness (QED) is 0.210. The molecule has 1 nitrogen and oxygen atoms in total. The second kappa shape index (κ2) is 18.3. The first-order chi connectivity index (χ1) is 13.6. The maximum atomic E-state index is 2.32. The van der Waals surface area contributed by atoms with Crippen molar-refractivity contribution >= 4 is 5.69 Å². The minimum Gasteiger partial charge on any atom is -1.00 e. The van der Waals surface area contributed by atoms with E-state index in [0.717, 1.165) is 4.48 Å². The number of rotatable bonds is 18. The highest BCUT2D eigenvalue weighted by Gasteiger charge is 2.16. The summed E-state index contributed by atoms with van der Waals surface area (Å²) in [6.45, 7) is 2.30. The second-order valence-electron chi connectivity index (χ2n) is 9.69. The fourth-order valence-electron chi connectivity index (χ4n) is 4.24. The van der Waals surface area contributed by atoms with Crippen molar-refractivity contribution < 1.29 is 12.4 Å². The monoisotopic (exact) mass is 423 g/mol. The molecule has 0 aliphatic carbocycles. The van der Waals surface area contributed by atoms with Crippen LogP contribution in [0.2, 0.25) is 0 Å². The summed E-state index contributed by atoms with van der Waals surface area (Å²) in [6, 6.07) is 8.99. The molecule has 0 unspecified atom stereocenters. The molecule has 0 fully saturated rings. The predicted molar refractivity (Wildman–Crippen MR) is 129 cm³/mol. The summed E-state index contributed by atoms with van der Waals surface area (Å²) >= 11 is 0. The first kappa shape index (κ1) is 28.5. The van der Waals surface area contributed by atoms with E-state index in [-0.39, 0.29) is 12.4 Å². The van der Waals surface area contributed by atoms with E-state index in [1.165, 1.54) is 115 Å². The Morgan fingerprint density at radius 1 is 0.552 bits per heavy atom. The number of nitrogens with zero attached hydrogens (tertiary/aromatic N) is 1. The van der Waals surface area contributed by atoms with Gasteiger partial charge in [-0.1, -0.05) is 121 Å². The molecule has 0 heterocycles. The lowest BCUT2D eigenvalue weighted by atomic mass is 10.0. The number of quaternary nitrogens is 1.